The molecule has 0 aromatic heterocycles. The van der Waals surface area contributed by atoms with Crippen molar-refractivity contribution in [3.8, 4) is 0 Å². The summed E-state index contributed by atoms with van der Waals surface area (Å²) in [6.45, 7) is 2.37. The Morgan fingerprint density at radius 2 is 1.68 bits per heavy atom. The number of carbonyl (C=O) groups is 2. The van der Waals surface area contributed by atoms with E-state index in [1.807, 2.05) is 6.92 Å². The van der Waals surface area contributed by atoms with Crippen LogP contribution in [0.2, 0.25) is 10.0 Å². The van der Waals surface area contributed by atoms with Gasteiger partial charge in [0.1, 0.15) is 0 Å². The molecule has 0 atom stereocenters. The molecule has 0 spiro atoms. The normalized spacial score (nSPS) is 10.0. The summed E-state index contributed by atoms with van der Waals surface area (Å²) >= 11 is 16.9. The van der Waals surface area contributed by atoms with Crippen molar-refractivity contribution in [1.29, 1.82) is 0 Å². The Balaban J connectivity index is 2.03. The molecular weight excluding hydrogens is 381 g/mol. The number of hydrogen-bond acceptors (Lipinski definition) is 3. The van der Waals surface area contributed by atoms with E-state index >= 15 is 0 Å². The molecule has 8 heteroatoms. The average Bonchev–Trinajstić information content (AvgIpc) is 2.54. The van der Waals surface area contributed by atoms with Gasteiger partial charge in [0.25, 0.3) is 11.8 Å². The SMILES string of the molecule is CCNC(=O)c1cccc(NC(=S)NC(=O)c2cc(Cl)cc(Cl)c2)c1. The number of benzene rings is 2. The van der Waals surface area contributed by atoms with E-state index in [0.717, 1.165) is 0 Å². The summed E-state index contributed by atoms with van der Waals surface area (Å²) in [7, 11) is 0. The number of anilines is 1. The van der Waals surface area contributed by atoms with Crippen molar-refractivity contribution in [1.82, 2.24) is 10.6 Å². The zero-order chi connectivity index (χ0) is 18.4. The lowest BCUT2D eigenvalue weighted by atomic mass is 10.2. The highest BCUT2D eigenvalue weighted by atomic mass is 35.5. The number of thiocarbonyl (C=S) groups is 1. The molecule has 2 amide bonds. The van der Waals surface area contributed by atoms with Crippen LogP contribution in [0.4, 0.5) is 5.69 Å². The van der Waals surface area contributed by atoms with Crippen LogP contribution in [0.25, 0.3) is 0 Å². The highest BCUT2D eigenvalue weighted by Crippen LogP contribution is 2.19. The lowest BCUT2D eigenvalue weighted by Gasteiger charge is -2.11. The van der Waals surface area contributed by atoms with Gasteiger partial charge >= 0.3 is 0 Å². The van der Waals surface area contributed by atoms with Crippen LogP contribution in [0.5, 0.6) is 0 Å². The maximum atomic E-state index is 12.2. The van der Waals surface area contributed by atoms with Gasteiger partial charge in [0.05, 0.1) is 0 Å². The summed E-state index contributed by atoms with van der Waals surface area (Å²) < 4.78 is 0. The van der Waals surface area contributed by atoms with Crippen molar-refractivity contribution < 1.29 is 9.59 Å². The van der Waals surface area contributed by atoms with E-state index < -0.39 is 5.91 Å². The first-order chi connectivity index (χ1) is 11.9. The van der Waals surface area contributed by atoms with Gasteiger partial charge < -0.3 is 10.6 Å². The van der Waals surface area contributed by atoms with E-state index in [9.17, 15) is 9.59 Å². The molecule has 2 aromatic carbocycles. The minimum Gasteiger partial charge on any atom is -0.352 e. The first kappa shape index (κ1) is 19.2. The molecule has 25 heavy (non-hydrogen) atoms. The van der Waals surface area contributed by atoms with Gasteiger partial charge in [0, 0.05) is 33.4 Å². The van der Waals surface area contributed by atoms with E-state index in [-0.39, 0.29) is 16.6 Å². The van der Waals surface area contributed by atoms with Crippen LogP contribution >= 0.6 is 35.4 Å². The van der Waals surface area contributed by atoms with E-state index in [1.54, 1.807) is 24.3 Å². The Kier molecular flexibility index (Phi) is 6.75. The van der Waals surface area contributed by atoms with E-state index in [2.05, 4.69) is 16.0 Å². The molecular formula is C17H15Cl2N3O2S. The van der Waals surface area contributed by atoms with E-state index in [0.29, 0.717) is 27.8 Å². The second-order valence-corrected chi connectivity index (χ2v) is 6.29. The summed E-state index contributed by atoms with van der Waals surface area (Å²) in [6.07, 6.45) is 0. The van der Waals surface area contributed by atoms with Crippen LogP contribution in [-0.2, 0) is 0 Å². The van der Waals surface area contributed by atoms with Crippen LogP contribution in [0.1, 0.15) is 27.6 Å². The summed E-state index contributed by atoms with van der Waals surface area (Å²) in [5.74, 6) is -0.628. The predicted octanol–water partition coefficient (Wildman–Crippen LogP) is 3.87. The first-order valence-electron chi connectivity index (χ1n) is 7.35. The second kappa shape index (κ2) is 8.80. The quantitative estimate of drug-likeness (QED) is 0.687. The predicted molar refractivity (Wildman–Crippen MR) is 105 cm³/mol. The molecule has 0 aliphatic heterocycles. The molecule has 0 saturated carbocycles. The summed E-state index contributed by atoms with van der Waals surface area (Å²) in [5.41, 5.74) is 1.36. The fourth-order valence-corrected chi connectivity index (χ4v) is 2.76. The number of hydrogen-bond donors (Lipinski definition) is 3. The van der Waals surface area contributed by atoms with Crippen molar-refractivity contribution in [3.05, 3.63) is 63.6 Å². The molecule has 0 fully saturated rings. The van der Waals surface area contributed by atoms with Crippen LogP contribution in [-0.4, -0.2) is 23.5 Å². The largest absolute Gasteiger partial charge is 0.352 e. The van der Waals surface area contributed by atoms with Gasteiger partial charge in [-0.3, -0.25) is 14.9 Å². The third kappa shape index (κ3) is 5.70. The number of nitrogens with one attached hydrogen (secondary N) is 3. The summed E-state index contributed by atoms with van der Waals surface area (Å²) in [6, 6.07) is 11.3. The molecule has 3 N–H and O–H groups in total. The highest BCUT2D eigenvalue weighted by Gasteiger charge is 2.11. The van der Waals surface area contributed by atoms with Gasteiger partial charge in [0.2, 0.25) is 0 Å². The maximum Gasteiger partial charge on any atom is 0.257 e. The highest BCUT2D eigenvalue weighted by molar-refractivity contribution is 7.80. The summed E-state index contributed by atoms with van der Waals surface area (Å²) in [5, 5.41) is 8.91. The standard InChI is InChI=1S/C17H15Cl2N3O2S/c1-2-20-15(23)10-4-3-5-14(8-10)21-17(25)22-16(24)11-6-12(18)9-13(19)7-11/h3-9H,2H2,1H3,(H,20,23)(H2,21,22,24,25). The van der Waals surface area contributed by atoms with Crippen LogP contribution in [0.3, 0.4) is 0 Å². The number of amides is 2. The van der Waals surface area contributed by atoms with Crippen molar-refractivity contribution in [2.45, 2.75) is 6.92 Å². The Morgan fingerprint density at radius 1 is 1.00 bits per heavy atom. The smallest absolute Gasteiger partial charge is 0.257 e. The molecule has 0 radical (unpaired) electrons. The number of carbonyl (C=O) groups excluding carboxylic acids is 2. The maximum absolute atomic E-state index is 12.2. The minimum atomic E-state index is -0.443. The topological polar surface area (TPSA) is 70.2 Å². The molecule has 5 nitrogen and oxygen atoms in total. The Morgan fingerprint density at radius 3 is 2.32 bits per heavy atom. The van der Waals surface area contributed by atoms with Crippen LogP contribution in [0.15, 0.2) is 42.5 Å². The zero-order valence-electron chi connectivity index (χ0n) is 13.2. The molecule has 0 unspecified atom stereocenters. The number of halogens is 2. The van der Waals surface area contributed by atoms with Gasteiger partial charge in [-0.05, 0) is 55.5 Å². The molecule has 130 valence electrons. The van der Waals surface area contributed by atoms with Crippen molar-refractivity contribution >= 4 is 58.0 Å². The Bertz CT molecular complexity index is 807. The molecule has 0 saturated heterocycles. The van der Waals surface area contributed by atoms with E-state index in [1.165, 1.54) is 18.2 Å². The molecule has 0 aliphatic carbocycles. The monoisotopic (exact) mass is 395 g/mol. The van der Waals surface area contributed by atoms with Gasteiger partial charge in [-0.25, -0.2) is 0 Å². The first-order valence-corrected chi connectivity index (χ1v) is 8.52. The van der Waals surface area contributed by atoms with Crippen molar-refractivity contribution in [2.24, 2.45) is 0 Å². The Hall–Kier alpha value is -2.15. The molecule has 2 rings (SSSR count). The van der Waals surface area contributed by atoms with Gasteiger partial charge in [-0.2, -0.15) is 0 Å². The van der Waals surface area contributed by atoms with Crippen molar-refractivity contribution in [2.75, 3.05) is 11.9 Å². The van der Waals surface area contributed by atoms with Gasteiger partial charge in [-0.15, -0.1) is 0 Å². The van der Waals surface area contributed by atoms with Crippen molar-refractivity contribution in [3.63, 3.8) is 0 Å². The zero-order valence-corrected chi connectivity index (χ0v) is 15.6. The lowest BCUT2D eigenvalue weighted by molar-refractivity contribution is 0.0953. The van der Waals surface area contributed by atoms with E-state index in [4.69, 9.17) is 35.4 Å². The lowest BCUT2D eigenvalue weighted by Crippen LogP contribution is -2.34. The minimum absolute atomic E-state index is 0.0918. The van der Waals surface area contributed by atoms with Gasteiger partial charge in [-0.1, -0.05) is 29.3 Å². The fourth-order valence-electron chi connectivity index (χ4n) is 2.02. The second-order valence-electron chi connectivity index (χ2n) is 5.01. The molecule has 2 aromatic rings. The third-order valence-corrected chi connectivity index (χ3v) is 3.71. The Labute approximate surface area is 160 Å². The summed E-state index contributed by atoms with van der Waals surface area (Å²) in [4.78, 5) is 24.0. The van der Waals surface area contributed by atoms with Crippen LogP contribution < -0.4 is 16.0 Å². The molecule has 0 heterocycles. The van der Waals surface area contributed by atoms with Gasteiger partial charge in [0.15, 0.2) is 5.11 Å². The molecule has 0 bridgehead atoms. The van der Waals surface area contributed by atoms with Crippen LogP contribution in [0, 0.1) is 0 Å². The number of rotatable bonds is 4. The molecule has 0 aliphatic rings. The third-order valence-electron chi connectivity index (χ3n) is 3.07. The average molecular weight is 396 g/mol. The fraction of sp³-hybridized carbons (Fsp3) is 0.118.